The van der Waals surface area contributed by atoms with Gasteiger partial charge >= 0.3 is 5.69 Å². The van der Waals surface area contributed by atoms with Crippen LogP contribution in [0.1, 0.15) is 23.2 Å². The molecule has 0 aromatic heterocycles. The summed E-state index contributed by atoms with van der Waals surface area (Å²) in [4.78, 5) is 23.9. The molecule has 1 atom stereocenters. The monoisotopic (exact) mass is 293 g/mol. The van der Waals surface area contributed by atoms with E-state index in [1.807, 2.05) is 0 Å². The Labute approximate surface area is 123 Å². The molecule has 7 nitrogen and oxygen atoms in total. The summed E-state index contributed by atoms with van der Waals surface area (Å²) < 4.78 is 5.71. The van der Waals surface area contributed by atoms with Gasteiger partial charge in [0.25, 0.3) is 5.91 Å². The zero-order chi connectivity index (χ0) is 15.4. The van der Waals surface area contributed by atoms with Crippen LogP contribution in [-0.2, 0) is 0 Å². The average Bonchev–Trinajstić information content (AvgIpc) is 2.47. The molecular weight excluding hydrogens is 274 g/mol. The Balaban J connectivity index is 2.24. The predicted octanol–water partition coefficient (Wildman–Crippen LogP) is 1.43. The minimum absolute atomic E-state index is 0.0761. The molecule has 21 heavy (non-hydrogen) atoms. The average molecular weight is 293 g/mol. The Morgan fingerprint density at radius 3 is 2.81 bits per heavy atom. The van der Waals surface area contributed by atoms with E-state index in [9.17, 15) is 14.9 Å². The van der Waals surface area contributed by atoms with Crippen LogP contribution in [0.3, 0.4) is 0 Å². The molecule has 1 aromatic carbocycles. The molecule has 1 aliphatic heterocycles. The quantitative estimate of drug-likeness (QED) is 0.670. The molecule has 0 radical (unpaired) electrons. The summed E-state index contributed by atoms with van der Waals surface area (Å²) in [5, 5.41) is 14.4. The van der Waals surface area contributed by atoms with Crippen molar-refractivity contribution in [2.24, 2.45) is 0 Å². The van der Waals surface area contributed by atoms with E-state index in [4.69, 9.17) is 4.74 Å². The summed E-state index contributed by atoms with van der Waals surface area (Å²) in [6.07, 6.45) is 1.77. The smallest absolute Gasteiger partial charge is 0.311 e. The Kier molecular flexibility index (Phi) is 4.74. The van der Waals surface area contributed by atoms with E-state index < -0.39 is 4.92 Å². The molecule has 0 spiro atoms. The highest BCUT2D eigenvalue weighted by Gasteiger charge is 2.23. The molecule has 0 aliphatic carbocycles. The van der Waals surface area contributed by atoms with Gasteiger partial charge in [0, 0.05) is 32.3 Å². The highest BCUT2D eigenvalue weighted by molar-refractivity contribution is 5.94. The third-order valence-corrected chi connectivity index (χ3v) is 3.35. The molecule has 0 bridgehead atoms. The molecule has 1 N–H and O–H groups in total. The summed E-state index contributed by atoms with van der Waals surface area (Å²) in [5.41, 5.74) is 0.106. The Morgan fingerprint density at radius 2 is 2.24 bits per heavy atom. The largest absolute Gasteiger partial charge is 0.482 e. The molecule has 1 heterocycles. The molecule has 1 fully saturated rings. The van der Waals surface area contributed by atoms with Gasteiger partial charge in [-0.3, -0.25) is 14.9 Å². The van der Waals surface area contributed by atoms with Crippen LogP contribution in [0.4, 0.5) is 5.69 Å². The fourth-order valence-electron chi connectivity index (χ4n) is 2.25. The minimum atomic E-state index is -0.516. The maximum absolute atomic E-state index is 11.9. The fraction of sp³-hybridized carbons (Fsp3) is 0.500. The number of carbonyl (C=O) groups excluding carboxylic acids is 1. The number of piperidine rings is 1. The second kappa shape index (κ2) is 6.53. The fourth-order valence-corrected chi connectivity index (χ4v) is 2.25. The van der Waals surface area contributed by atoms with Crippen LogP contribution >= 0.6 is 0 Å². The van der Waals surface area contributed by atoms with E-state index in [1.165, 1.54) is 17.0 Å². The van der Waals surface area contributed by atoms with Crippen LogP contribution in [-0.4, -0.2) is 49.0 Å². The van der Waals surface area contributed by atoms with E-state index in [0.717, 1.165) is 19.4 Å². The van der Waals surface area contributed by atoms with E-state index >= 15 is 0 Å². The van der Waals surface area contributed by atoms with Crippen LogP contribution < -0.4 is 10.1 Å². The number of amides is 1. The predicted molar refractivity (Wildman–Crippen MR) is 77.6 cm³/mol. The normalized spacial score (nSPS) is 18.1. The second-order valence-electron chi connectivity index (χ2n) is 5.23. The molecule has 2 rings (SSSR count). The third-order valence-electron chi connectivity index (χ3n) is 3.35. The van der Waals surface area contributed by atoms with Crippen LogP contribution in [0.5, 0.6) is 5.75 Å². The van der Waals surface area contributed by atoms with Crippen molar-refractivity contribution >= 4 is 11.6 Å². The highest BCUT2D eigenvalue weighted by Crippen LogP contribution is 2.30. The number of ether oxygens (including phenoxy) is 1. The first kappa shape index (κ1) is 15.2. The summed E-state index contributed by atoms with van der Waals surface area (Å²) in [6, 6.07) is 4.33. The van der Waals surface area contributed by atoms with E-state index in [1.54, 1.807) is 20.2 Å². The maximum Gasteiger partial charge on any atom is 0.311 e. The standard InChI is InChI=1S/C14H19N3O4/c1-16(2)14(18)10-5-6-13(12(8-10)17(19)20)21-11-4-3-7-15-9-11/h5-6,8,11,15H,3-4,7,9H2,1-2H3. The lowest BCUT2D eigenvalue weighted by Crippen LogP contribution is -2.37. The van der Waals surface area contributed by atoms with Crippen molar-refractivity contribution < 1.29 is 14.5 Å². The molecule has 1 aliphatic rings. The molecule has 7 heteroatoms. The van der Waals surface area contributed by atoms with Gasteiger partial charge in [-0.15, -0.1) is 0 Å². The lowest BCUT2D eigenvalue weighted by molar-refractivity contribution is -0.386. The van der Waals surface area contributed by atoms with E-state index in [0.29, 0.717) is 6.54 Å². The molecule has 1 amide bonds. The zero-order valence-corrected chi connectivity index (χ0v) is 12.2. The van der Waals surface area contributed by atoms with Crippen molar-refractivity contribution in [2.75, 3.05) is 27.2 Å². The van der Waals surface area contributed by atoms with Gasteiger partial charge in [0.2, 0.25) is 0 Å². The van der Waals surface area contributed by atoms with Crippen molar-refractivity contribution in [3.8, 4) is 5.75 Å². The van der Waals surface area contributed by atoms with Gasteiger partial charge < -0.3 is 15.0 Å². The second-order valence-corrected chi connectivity index (χ2v) is 5.23. The zero-order valence-electron chi connectivity index (χ0n) is 12.2. The number of nitro benzene ring substituents is 1. The molecule has 1 unspecified atom stereocenters. The Bertz CT molecular complexity index is 539. The third kappa shape index (κ3) is 3.69. The van der Waals surface area contributed by atoms with Gasteiger partial charge in [-0.2, -0.15) is 0 Å². The van der Waals surface area contributed by atoms with Gasteiger partial charge in [0.15, 0.2) is 5.75 Å². The molecular formula is C14H19N3O4. The van der Waals surface area contributed by atoms with E-state index in [-0.39, 0.29) is 29.0 Å². The van der Waals surface area contributed by atoms with Crippen LogP contribution in [0, 0.1) is 10.1 Å². The number of carbonyl (C=O) groups is 1. The minimum Gasteiger partial charge on any atom is -0.482 e. The van der Waals surface area contributed by atoms with E-state index in [2.05, 4.69) is 5.32 Å². The first-order valence-corrected chi connectivity index (χ1v) is 6.86. The summed E-state index contributed by atoms with van der Waals surface area (Å²) in [5.74, 6) is -0.0620. The lowest BCUT2D eigenvalue weighted by Gasteiger charge is -2.23. The summed E-state index contributed by atoms with van der Waals surface area (Å²) in [6.45, 7) is 1.62. The van der Waals surface area contributed by atoms with Crippen LogP contribution in [0.25, 0.3) is 0 Å². The van der Waals surface area contributed by atoms with Crippen molar-refractivity contribution in [2.45, 2.75) is 18.9 Å². The summed E-state index contributed by atoms with van der Waals surface area (Å²) in [7, 11) is 3.21. The van der Waals surface area contributed by atoms with Crippen LogP contribution in [0.15, 0.2) is 18.2 Å². The van der Waals surface area contributed by atoms with Crippen molar-refractivity contribution in [3.63, 3.8) is 0 Å². The Morgan fingerprint density at radius 1 is 1.48 bits per heavy atom. The van der Waals surface area contributed by atoms with Gasteiger partial charge in [0.05, 0.1) is 4.92 Å². The van der Waals surface area contributed by atoms with Gasteiger partial charge in [-0.1, -0.05) is 0 Å². The number of hydrogen-bond donors (Lipinski definition) is 1. The van der Waals surface area contributed by atoms with Crippen LogP contribution in [0.2, 0.25) is 0 Å². The molecule has 114 valence electrons. The van der Waals surface area contributed by atoms with Crippen molar-refractivity contribution in [1.29, 1.82) is 0 Å². The number of hydrogen-bond acceptors (Lipinski definition) is 5. The van der Waals surface area contributed by atoms with Crippen molar-refractivity contribution in [3.05, 3.63) is 33.9 Å². The molecule has 1 aromatic rings. The first-order valence-electron chi connectivity index (χ1n) is 6.86. The van der Waals surface area contributed by atoms with Crippen molar-refractivity contribution in [1.82, 2.24) is 10.2 Å². The number of nitro groups is 1. The van der Waals surface area contributed by atoms with Gasteiger partial charge in [0.1, 0.15) is 6.10 Å². The van der Waals surface area contributed by atoms with Gasteiger partial charge in [-0.25, -0.2) is 0 Å². The highest BCUT2D eigenvalue weighted by atomic mass is 16.6. The maximum atomic E-state index is 11.9. The summed E-state index contributed by atoms with van der Waals surface area (Å²) >= 11 is 0. The lowest BCUT2D eigenvalue weighted by atomic mass is 10.1. The molecule has 1 saturated heterocycles. The number of nitrogens with one attached hydrogen (secondary N) is 1. The number of nitrogens with zero attached hydrogens (tertiary/aromatic N) is 2. The number of rotatable bonds is 4. The number of benzene rings is 1. The first-order chi connectivity index (χ1) is 9.99. The topological polar surface area (TPSA) is 84.7 Å². The SMILES string of the molecule is CN(C)C(=O)c1ccc(OC2CCCNC2)c([N+](=O)[O-])c1. The Hall–Kier alpha value is -2.15. The van der Waals surface area contributed by atoms with Gasteiger partial charge in [-0.05, 0) is 31.5 Å². The molecule has 0 saturated carbocycles.